The highest BCUT2D eigenvalue weighted by Crippen LogP contribution is 2.30. The van der Waals surface area contributed by atoms with Crippen molar-refractivity contribution in [3.63, 3.8) is 0 Å². The molecule has 0 saturated carbocycles. The van der Waals surface area contributed by atoms with E-state index >= 15 is 0 Å². The largest absolute Gasteiger partial charge is 0.466 e. The van der Waals surface area contributed by atoms with E-state index in [2.05, 4.69) is 9.97 Å². The predicted octanol–water partition coefficient (Wildman–Crippen LogP) is 3.81. The molecule has 7 nitrogen and oxygen atoms in total. The van der Waals surface area contributed by atoms with Crippen LogP contribution in [0.5, 0.6) is 0 Å². The maximum Gasteiger partial charge on any atom is 0.313 e. The molecule has 1 aliphatic heterocycles. The molecule has 0 bridgehead atoms. The minimum atomic E-state index is -0.397. The predicted molar refractivity (Wildman–Crippen MR) is 118 cm³/mol. The van der Waals surface area contributed by atoms with Gasteiger partial charge in [-0.1, -0.05) is 43.7 Å². The van der Waals surface area contributed by atoms with Gasteiger partial charge in [0.05, 0.1) is 18.0 Å². The summed E-state index contributed by atoms with van der Waals surface area (Å²) >= 11 is 0. The molecule has 1 amide bonds. The number of rotatable bonds is 6. The molecule has 1 unspecified atom stereocenters. The summed E-state index contributed by atoms with van der Waals surface area (Å²) in [6, 6.07) is 13.5. The number of benzene rings is 2. The molecule has 160 valence electrons. The van der Waals surface area contributed by atoms with Gasteiger partial charge in [0.25, 0.3) is 5.91 Å². The molecular formula is C24H26N4O3. The van der Waals surface area contributed by atoms with Crippen LogP contribution in [-0.2, 0) is 22.6 Å². The third kappa shape index (κ3) is 4.08. The van der Waals surface area contributed by atoms with Crippen LogP contribution in [-0.4, -0.2) is 33.4 Å². The molecule has 1 aliphatic rings. The SMILES string of the molecule is CCCC(C(=O)OCC)c1ccc2nc(N)nc(C(=O)N3Cc4ccccc4C3)c2c1. The van der Waals surface area contributed by atoms with Crippen molar-refractivity contribution >= 4 is 28.7 Å². The van der Waals surface area contributed by atoms with E-state index in [4.69, 9.17) is 10.5 Å². The Bertz CT molecular complexity index is 1120. The lowest BCUT2D eigenvalue weighted by atomic mass is 9.93. The number of ether oxygens (including phenoxy) is 1. The van der Waals surface area contributed by atoms with E-state index < -0.39 is 5.92 Å². The smallest absolute Gasteiger partial charge is 0.313 e. The Morgan fingerprint density at radius 1 is 1.10 bits per heavy atom. The van der Waals surface area contributed by atoms with Gasteiger partial charge in [-0.15, -0.1) is 0 Å². The zero-order valence-electron chi connectivity index (χ0n) is 17.8. The third-order valence-electron chi connectivity index (χ3n) is 5.62. The number of amides is 1. The number of nitrogens with two attached hydrogens (primary N) is 1. The van der Waals surface area contributed by atoms with Crippen molar-refractivity contribution in [1.29, 1.82) is 0 Å². The highest BCUT2D eigenvalue weighted by molar-refractivity contribution is 6.05. The van der Waals surface area contributed by atoms with Crippen molar-refractivity contribution in [2.75, 3.05) is 12.3 Å². The van der Waals surface area contributed by atoms with Gasteiger partial charge in [0, 0.05) is 18.5 Å². The van der Waals surface area contributed by atoms with E-state index in [9.17, 15) is 9.59 Å². The summed E-state index contributed by atoms with van der Waals surface area (Å²) in [7, 11) is 0. The van der Waals surface area contributed by atoms with Crippen LogP contribution >= 0.6 is 0 Å². The summed E-state index contributed by atoms with van der Waals surface area (Å²) in [5.41, 5.74) is 9.81. The van der Waals surface area contributed by atoms with Crippen molar-refractivity contribution < 1.29 is 14.3 Å². The Morgan fingerprint density at radius 2 is 1.81 bits per heavy atom. The minimum absolute atomic E-state index is 0.0517. The second-order valence-corrected chi connectivity index (χ2v) is 7.73. The van der Waals surface area contributed by atoms with Crippen LogP contribution in [0.2, 0.25) is 0 Å². The van der Waals surface area contributed by atoms with Crippen molar-refractivity contribution in [2.45, 2.75) is 45.7 Å². The van der Waals surface area contributed by atoms with Crippen LogP contribution in [0, 0.1) is 0 Å². The summed E-state index contributed by atoms with van der Waals surface area (Å²) in [4.78, 5) is 36.3. The molecule has 0 saturated heterocycles. The van der Waals surface area contributed by atoms with E-state index in [0.717, 1.165) is 23.1 Å². The van der Waals surface area contributed by atoms with Gasteiger partial charge >= 0.3 is 5.97 Å². The second kappa shape index (κ2) is 8.71. The average molecular weight is 418 g/mol. The van der Waals surface area contributed by atoms with Crippen LogP contribution in [0.1, 0.15) is 59.8 Å². The summed E-state index contributed by atoms with van der Waals surface area (Å²) in [5.74, 6) is -0.805. The van der Waals surface area contributed by atoms with Gasteiger partial charge in [-0.05, 0) is 42.2 Å². The zero-order chi connectivity index (χ0) is 22.0. The number of fused-ring (bicyclic) bond motifs is 2. The number of hydrogen-bond acceptors (Lipinski definition) is 6. The zero-order valence-corrected chi connectivity index (χ0v) is 17.8. The van der Waals surface area contributed by atoms with Crippen molar-refractivity contribution in [3.05, 3.63) is 64.8 Å². The van der Waals surface area contributed by atoms with Gasteiger partial charge in [-0.25, -0.2) is 9.97 Å². The lowest BCUT2D eigenvalue weighted by Crippen LogP contribution is -2.27. The van der Waals surface area contributed by atoms with Gasteiger partial charge in [0.15, 0.2) is 0 Å². The topological polar surface area (TPSA) is 98.4 Å². The van der Waals surface area contributed by atoms with Crippen molar-refractivity contribution in [3.8, 4) is 0 Å². The molecule has 7 heteroatoms. The van der Waals surface area contributed by atoms with E-state index in [1.165, 1.54) is 0 Å². The normalized spacial score (nSPS) is 13.8. The summed E-state index contributed by atoms with van der Waals surface area (Å²) in [6.07, 6.45) is 1.49. The van der Waals surface area contributed by atoms with Gasteiger partial charge < -0.3 is 15.4 Å². The molecular weight excluding hydrogens is 392 g/mol. The van der Waals surface area contributed by atoms with E-state index in [-0.39, 0.29) is 23.5 Å². The lowest BCUT2D eigenvalue weighted by molar-refractivity contribution is -0.145. The Balaban J connectivity index is 1.74. The van der Waals surface area contributed by atoms with Gasteiger partial charge in [0.2, 0.25) is 5.95 Å². The standard InChI is InChI=1S/C24H26N4O3/c1-3-7-18(23(30)31-4-2)15-10-11-20-19(12-15)21(27-24(25)26-20)22(29)28-13-16-8-5-6-9-17(16)14-28/h5-6,8-12,18H,3-4,7,13-14H2,1-2H3,(H2,25,26,27). The van der Waals surface area contributed by atoms with Crippen LogP contribution in [0.4, 0.5) is 5.95 Å². The molecule has 0 radical (unpaired) electrons. The highest BCUT2D eigenvalue weighted by Gasteiger charge is 2.28. The summed E-state index contributed by atoms with van der Waals surface area (Å²) < 4.78 is 5.27. The number of esters is 1. The fourth-order valence-electron chi connectivity index (χ4n) is 4.12. The monoisotopic (exact) mass is 418 g/mol. The first kappa shape index (κ1) is 20.8. The first-order chi connectivity index (χ1) is 15.0. The number of aromatic nitrogens is 2. The number of carbonyl (C=O) groups excluding carboxylic acids is 2. The molecule has 2 heterocycles. The molecule has 31 heavy (non-hydrogen) atoms. The highest BCUT2D eigenvalue weighted by atomic mass is 16.5. The van der Waals surface area contributed by atoms with Crippen molar-refractivity contribution in [2.24, 2.45) is 0 Å². The van der Waals surface area contributed by atoms with E-state index in [1.54, 1.807) is 17.9 Å². The molecule has 0 spiro atoms. The maximum atomic E-state index is 13.4. The van der Waals surface area contributed by atoms with E-state index in [0.29, 0.717) is 37.0 Å². The summed E-state index contributed by atoms with van der Waals surface area (Å²) in [6.45, 7) is 5.20. The van der Waals surface area contributed by atoms with E-state index in [1.807, 2.05) is 43.3 Å². The molecule has 4 rings (SSSR count). The first-order valence-corrected chi connectivity index (χ1v) is 10.6. The fourth-order valence-corrected chi connectivity index (χ4v) is 4.12. The molecule has 0 fully saturated rings. The van der Waals surface area contributed by atoms with Gasteiger partial charge in [-0.2, -0.15) is 0 Å². The van der Waals surface area contributed by atoms with Gasteiger partial charge in [0.1, 0.15) is 5.69 Å². The van der Waals surface area contributed by atoms with Crippen molar-refractivity contribution in [1.82, 2.24) is 14.9 Å². The first-order valence-electron chi connectivity index (χ1n) is 10.6. The number of hydrogen-bond donors (Lipinski definition) is 1. The Morgan fingerprint density at radius 3 is 2.45 bits per heavy atom. The van der Waals surface area contributed by atoms with Crippen LogP contribution in [0.3, 0.4) is 0 Å². The Hall–Kier alpha value is -3.48. The number of nitrogen functional groups attached to an aromatic ring is 1. The molecule has 1 atom stereocenters. The van der Waals surface area contributed by atoms with Gasteiger partial charge in [-0.3, -0.25) is 9.59 Å². The average Bonchev–Trinajstić information content (AvgIpc) is 3.20. The number of anilines is 1. The minimum Gasteiger partial charge on any atom is -0.466 e. The fraction of sp³-hybridized carbons (Fsp3) is 0.333. The maximum absolute atomic E-state index is 13.4. The number of nitrogens with zero attached hydrogens (tertiary/aromatic N) is 3. The van der Waals surface area contributed by atoms with Crippen LogP contribution < -0.4 is 5.73 Å². The molecule has 0 aliphatic carbocycles. The number of carbonyl (C=O) groups is 2. The third-order valence-corrected chi connectivity index (χ3v) is 5.62. The quantitative estimate of drug-likeness (QED) is 0.611. The van der Waals surface area contributed by atoms with Crippen LogP contribution in [0.25, 0.3) is 10.9 Å². The molecule has 2 aromatic carbocycles. The summed E-state index contributed by atoms with van der Waals surface area (Å²) in [5, 5.41) is 0.595. The lowest BCUT2D eigenvalue weighted by Gasteiger charge is -2.18. The Labute approximate surface area is 181 Å². The molecule has 1 aromatic heterocycles. The van der Waals surface area contributed by atoms with Crippen LogP contribution in [0.15, 0.2) is 42.5 Å². The molecule has 2 N–H and O–H groups in total. The second-order valence-electron chi connectivity index (χ2n) is 7.73. The molecule has 3 aromatic rings. The Kier molecular flexibility index (Phi) is 5.84.